The molecule has 1 aromatic carbocycles. The van der Waals surface area contributed by atoms with Crippen molar-refractivity contribution < 1.29 is 9.84 Å². The van der Waals surface area contributed by atoms with Gasteiger partial charge in [-0.15, -0.1) is 0 Å². The summed E-state index contributed by atoms with van der Waals surface area (Å²) in [7, 11) is 1.66. The summed E-state index contributed by atoms with van der Waals surface area (Å²) in [4.78, 5) is 0. The molecule has 3 nitrogen and oxygen atoms in total. The molecule has 1 aromatic rings. The van der Waals surface area contributed by atoms with Crippen LogP contribution in [0.2, 0.25) is 0 Å². The van der Waals surface area contributed by atoms with Gasteiger partial charge in [-0.2, -0.15) is 0 Å². The molecule has 0 fully saturated rings. The second-order valence-electron chi connectivity index (χ2n) is 4.77. The summed E-state index contributed by atoms with van der Waals surface area (Å²) in [5.74, 6) is 0.836. The predicted octanol–water partition coefficient (Wildman–Crippen LogP) is 3.27. The molecular weight excluding hydrogens is 294 g/mol. The van der Waals surface area contributed by atoms with Crippen LogP contribution >= 0.6 is 15.9 Å². The highest BCUT2D eigenvalue weighted by Crippen LogP contribution is 2.28. The Labute approximate surface area is 118 Å². The number of methoxy groups -OCH3 is 1. The first-order valence-corrected chi connectivity index (χ1v) is 7.01. The Morgan fingerprint density at radius 1 is 1.33 bits per heavy atom. The minimum absolute atomic E-state index is 0.237. The van der Waals surface area contributed by atoms with E-state index in [0.717, 1.165) is 16.6 Å². The number of aliphatic hydroxyl groups excluding tert-OH is 1. The number of hydrogen-bond acceptors (Lipinski definition) is 3. The van der Waals surface area contributed by atoms with Gasteiger partial charge in [0.15, 0.2) is 0 Å². The third-order valence-corrected chi connectivity index (χ3v) is 3.52. The second kappa shape index (κ2) is 7.12. The minimum Gasteiger partial charge on any atom is -0.496 e. The Morgan fingerprint density at radius 2 is 2.00 bits per heavy atom. The van der Waals surface area contributed by atoms with Gasteiger partial charge >= 0.3 is 0 Å². The Balaban J connectivity index is 2.66. The van der Waals surface area contributed by atoms with Crippen molar-refractivity contribution in [1.29, 1.82) is 0 Å². The van der Waals surface area contributed by atoms with E-state index in [0.29, 0.717) is 0 Å². The molecule has 0 spiro atoms. The molecule has 0 aliphatic rings. The van der Waals surface area contributed by atoms with Gasteiger partial charge in [-0.3, -0.25) is 0 Å². The van der Waals surface area contributed by atoms with Crippen molar-refractivity contribution in [3.8, 4) is 5.75 Å². The summed E-state index contributed by atoms with van der Waals surface area (Å²) >= 11 is 3.49. The van der Waals surface area contributed by atoms with Crippen molar-refractivity contribution in [2.75, 3.05) is 7.11 Å². The molecule has 3 unspecified atom stereocenters. The Hall–Kier alpha value is -0.580. The lowest BCUT2D eigenvalue weighted by atomic mass is 10.1. The largest absolute Gasteiger partial charge is 0.496 e. The molecule has 0 amide bonds. The molecule has 0 aliphatic heterocycles. The quantitative estimate of drug-likeness (QED) is 0.846. The SMILES string of the molecule is COc1ccc(C(C)NC(C)CC(C)O)cc1Br. The number of halogens is 1. The molecule has 0 saturated carbocycles. The lowest BCUT2D eigenvalue weighted by Gasteiger charge is -2.22. The molecule has 2 N–H and O–H groups in total. The maximum atomic E-state index is 9.35. The van der Waals surface area contributed by atoms with Crippen LogP contribution < -0.4 is 10.1 Å². The summed E-state index contributed by atoms with van der Waals surface area (Å²) in [6.45, 7) is 6.02. The van der Waals surface area contributed by atoms with E-state index in [1.165, 1.54) is 5.56 Å². The summed E-state index contributed by atoms with van der Waals surface area (Å²) in [6, 6.07) is 6.58. The van der Waals surface area contributed by atoms with Gasteiger partial charge in [0.05, 0.1) is 17.7 Å². The van der Waals surface area contributed by atoms with Gasteiger partial charge in [-0.05, 0) is 60.8 Å². The standard InChI is InChI=1S/C14H22BrNO2/c1-9(7-10(2)17)16-11(3)12-5-6-14(18-4)13(15)8-12/h5-6,8-11,16-17H,7H2,1-4H3. The van der Waals surface area contributed by atoms with E-state index in [-0.39, 0.29) is 18.2 Å². The lowest BCUT2D eigenvalue weighted by molar-refractivity contribution is 0.168. The molecule has 0 bridgehead atoms. The zero-order valence-corrected chi connectivity index (χ0v) is 13.0. The minimum atomic E-state index is -0.276. The van der Waals surface area contributed by atoms with Crippen molar-refractivity contribution in [1.82, 2.24) is 5.32 Å². The zero-order valence-electron chi connectivity index (χ0n) is 11.4. The number of hydrogen-bond donors (Lipinski definition) is 2. The maximum Gasteiger partial charge on any atom is 0.133 e. The van der Waals surface area contributed by atoms with Crippen LogP contribution in [0.3, 0.4) is 0 Å². The predicted molar refractivity (Wildman–Crippen MR) is 78.0 cm³/mol. The molecule has 4 heteroatoms. The van der Waals surface area contributed by atoms with E-state index in [2.05, 4.69) is 47.2 Å². The van der Waals surface area contributed by atoms with Crippen LogP contribution in [0.1, 0.15) is 38.8 Å². The van der Waals surface area contributed by atoms with Crippen LogP contribution in [0, 0.1) is 0 Å². The third-order valence-electron chi connectivity index (χ3n) is 2.91. The third kappa shape index (κ3) is 4.59. The Bertz CT molecular complexity index is 382. The van der Waals surface area contributed by atoms with Crippen LogP contribution in [0.5, 0.6) is 5.75 Å². The molecule has 1 rings (SSSR count). The first-order valence-electron chi connectivity index (χ1n) is 6.21. The highest BCUT2D eigenvalue weighted by atomic mass is 79.9. The van der Waals surface area contributed by atoms with Crippen molar-refractivity contribution in [3.63, 3.8) is 0 Å². The average molecular weight is 316 g/mol. The lowest BCUT2D eigenvalue weighted by Crippen LogP contribution is -2.31. The topological polar surface area (TPSA) is 41.5 Å². The number of aliphatic hydroxyl groups is 1. The van der Waals surface area contributed by atoms with E-state index in [4.69, 9.17) is 4.74 Å². The van der Waals surface area contributed by atoms with Gasteiger partial charge in [0, 0.05) is 12.1 Å². The van der Waals surface area contributed by atoms with Gasteiger partial charge in [-0.1, -0.05) is 6.07 Å². The summed E-state index contributed by atoms with van der Waals surface area (Å²) < 4.78 is 6.17. The Morgan fingerprint density at radius 3 is 2.50 bits per heavy atom. The van der Waals surface area contributed by atoms with E-state index in [9.17, 15) is 5.11 Å². The molecule has 0 heterocycles. The molecule has 0 aliphatic carbocycles. The van der Waals surface area contributed by atoms with Crippen LogP contribution in [0.25, 0.3) is 0 Å². The molecule has 0 radical (unpaired) electrons. The molecule has 102 valence electrons. The Kier molecular flexibility index (Phi) is 6.12. The monoisotopic (exact) mass is 315 g/mol. The fourth-order valence-corrected chi connectivity index (χ4v) is 2.61. The highest BCUT2D eigenvalue weighted by Gasteiger charge is 2.12. The summed E-state index contributed by atoms with van der Waals surface area (Å²) in [6.07, 6.45) is 0.476. The van der Waals surface area contributed by atoms with E-state index in [1.807, 2.05) is 13.0 Å². The summed E-state index contributed by atoms with van der Waals surface area (Å²) in [5.41, 5.74) is 1.19. The molecule has 0 aromatic heterocycles. The second-order valence-corrected chi connectivity index (χ2v) is 5.62. The fourth-order valence-electron chi connectivity index (χ4n) is 2.05. The van der Waals surface area contributed by atoms with Gasteiger partial charge < -0.3 is 15.2 Å². The van der Waals surface area contributed by atoms with Gasteiger partial charge in [0.25, 0.3) is 0 Å². The van der Waals surface area contributed by atoms with E-state index >= 15 is 0 Å². The van der Waals surface area contributed by atoms with Gasteiger partial charge in [0.1, 0.15) is 5.75 Å². The molecule has 0 saturated heterocycles. The first kappa shape index (κ1) is 15.5. The smallest absolute Gasteiger partial charge is 0.133 e. The number of benzene rings is 1. The normalized spacial score (nSPS) is 16.1. The van der Waals surface area contributed by atoms with Crippen molar-refractivity contribution in [2.24, 2.45) is 0 Å². The van der Waals surface area contributed by atoms with E-state index < -0.39 is 0 Å². The zero-order chi connectivity index (χ0) is 13.7. The van der Waals surface area contributed by atoms with Crippen molar-refractivity contribution in [3.05, 3.63) is 28.2 Å². The number of nitrogens with one attached hydrogen (secondary N) is 1. The van der Waals surface area contributed by atoms with Crippen LogP contribution in [0.15, 0.2) is 22.7 Å². The number of ether oxygens (including phenoxy) is 1. The fraction of sp³-hybridized carbons (Fsp3) is 0.571. The van der Waals surface area contributed by atoms with Crippen molar-refractivity contribution in [2.45, 2.75) is 45.4 Å². The van der Waals surface area contributed by atoms with Gasteiger partial charge in [0.2, 0.25) is 0 Å². The maximum absolute atomic E-state index is 9.35. The summed E-state index contributed by atoms with van der Waals surface area (Å²) in [5, 5.41) is 12.8. The van der Waals surface area contributed by atoms with Gasteiger partial charge in [-0.25, -0.2) is 0 Å². The molecular formula is C14H22BrNO2. The molecule has 18 heavy (non-hydrogen) atoms. The first-order chi connectivity index (χ1) is 8.43. The average Bonchev–Trinajstić information content (AvgIpc) is 2.27. The van der Waals surface area contributed by atoms with Crippen molar-refractivity contribution >= 4 is 15.9 Å². The van der Waals surface area contributed by atoms with Crippen LogP contribution in [-0.2, 0) is 0 Å². The number of rotatable bonds is 6. The van der Waals surface area contributed by atoms with Crippen LogP contribution in [0.4, 0.5) is 0 Å². The highest BCUT2D eigenvalue weighted by molar-refractivity contribution is 9.10. The van der Waals surface area contributed by atoms with E-state index in [1.54, 1.807) is 7.11 Å². The van der Waals surface area contributed by atoms with Crippen LogP contribution in [-0.4, -0.2) is 24.4 Å². The molecule has 3 atom stereocenters.